The van der Waals surface area contributed by atoms with E-state index in [-0.39, 0.29) is 23.8 Å². The molecule has 2 rings (SSSR count). The van der Waals surface area contributed by atoms with E-state index in [2.05, 4.69) is 17.1 Å². The first-order chi connectivity index (χ1) is 9.99. The van der Waals surface area contributed by atoms with E-state index in [1.807, 2.05) is 6.92 Å². The third-order valence-electron chi connectivity index (χ3n) is 5.30. The van der Waals surface area contributed by atoms with Crippen LogP contribution in [0.5, 0.6) is 0 Å². The Morgan fingerprint density at radius 3 is 2.33 bits per heavy atom. The van der Waals surface area contributed by atoms with Crippen molar-refractivity contribution in [2.24, 2.45) is 17.6 Å². The molecule has 3 atom stereocenters. The molecule has 120 valence electrons. The van der Waals surface area contributed by atoms with Gasteiger partial charge in [0.15, 0.2) is 0 Å². The second-order valence-corrected chi connectivity index (χ2v) is 6.77. The maximum absolute atomic E-state index is 12.4. The van der Waals surface area contributed by atoms with Crippen LogP contribution in [0.4, 0.5) is 0 Å². The van der Waals surface area contributed by atoms with Gasteiger partial charge < -0.3 is 11.1 Å². The SMILES string of the molecule is C[C@@H]1CCCC[C@@H]1NC(=O)[C@@H](C)N1CCC(C(N)=O)CC1. The average molecular weight is 295 g/mol. The molecule has 5 nitrogen and oxygen atoms in total. The minimum absolute atomic E-state index is 0.0186. The molecule has 0 radical (unpaired) electrons. The van der Waals surface area contributed by atoms with Crippen molar-refractivity contribution in [1.82, 2.24) is 10.2 Å². The highest BCUT2D eigenvalue weighted by atomic mass is 16.2. The Balaban J connectivity index is 1.81. The molecule has 1 heterocycles. The molecule has 0 spiro atoms. The lowest BCUT2D eigenvalue weighted by atomic mass is 9.86. The predicted octanol–water partition coefficient (Wildman–Crippen LogP) is 1.27. The quantitative estimate of drug-likeness (QED) is 0.820. The average Bonchev–Trinajstić information content (AvgIpc) is 2.49. The summed E-state index contributed by atoms with van der Waals surface area (Å²) in [6, 6.07) is 0.213. The first kappa shape index (κ1) is 16.3. The molecule has 0 aromatic heterocycles. The number of nitrogens with zero attached hydrogens (tertiary/aromatic N) is 1. The van der Waals surface area contributed by atoms with Gasteiger partial charge in [0.25, 0.3) is 0 Å². The molecule has 2 amide bonds. The van der Waals surface area contributed by atoms with Gasteiger partial charge in [0.2, 0.25) is 11.8 Å². The van der Waals surface area contributed by atoms with E-state index in [0.717, 1.165) is 32.4 Å². The summed E-state index contributed by atoms with van der Waals surface area (Å²) in [6.45, 7) is 5.76. The molecule has 0 unspecified atom stereocenters. The van der Waals surface area contributed by atoms with Crippen molar-refractivity contribution in [3.05, 3.63) is 0 Å². The van der Waals surface area contributed by atoms with Crippen molar-refractivity contribution in [1.29, 1.82) is 0 Å². The number of likely N-dealkylation sites (tertiary alicyclic amines) is 1. The Kier molecular flexibility index (Phi) is 5.62. The highest BCUT2D eigenvalue weighted by Crippen LogP contribution is 2.24. The first-order valence-corrected chi connectivity index (χ1v) is 8.32. The lowest BCUT2D eigenvalue weighted by Gasteiger charge is -2.36. The number of hydrogen-bond acceptors (Lipinski definition) is 3. The van der Waals surface area contributed by atoms with Crippen molar-refractivity contribution in [2.75, 3.05) is 13.1 Å². The zero-order chi connectivity index (χ0) is 15.4. The van der Waals surface area contributed by atoms with Gasteiger partial charge in [-0.05, 0) is 51.6 Å². The van der Waals surface area contributed by atoms with E-state index in [0.29, 0.717) is 12.0 Å². The van der Waals surface area contributed by atoms with Gasteiger partial charge in [-0.25, -0.2) is 0 Å². The Labute approximate surface area is 127 Å². The predicted molar refractivity (Wildman–Crippen MR) is 82.5 cm³/mol. The molecule has 1 saturated carbocycles. The van der Waals surface area contributed by atoms with Gasteiger partial charge in [-0.2, -0.15) is 0 Å². The minimum Gasteiger partial charge on any atom is -0.369 e. The number of carbonyl (C=O) groups excluding carboxylic acids is 2. The number of piperidine rings is 1. The maximum atomic E-state index is 12.4. The molecule has 0 aromatic carbocycles. The molecule has 3 N–H and O–H groups in total. The lowest BCUT2D eigenvalue weighted by Crippen LogP contribution is -2.52. The number of nitrogens with one attached hydrogen (secondary N) is 1. The molecule has 2 aliphatic rings. The van der Waals surface area contributed by atoms with E-state index >= 15 is 0 Å². The van der Waals surface area contributed by atoms with Gasteiger partial charge >= 0.3 is 0 Å². The van der Waals surface area contributed by atoms with E-state index in [9.17, 15) is 9.59 Å². The van der Waals surface area contributed by atoms with Crippen LogP contribution in [-0.2, 0) is 9.59 Å². The largest absolute Gasteiger partial charge is 0.369 e. The van der Waals surface area contributed by atoms with Crippen molar-refractivity contribution in [3.8, 4) is 0 Å². The van der Waals surface area contributed by atoms with E-state index in [1.165, 1.54) is 19.3 Å². The molecular formula is C16H29N3O2. The summed E-state index contributed by atoms with van der Waals surface area (Å²) in [4.78, 5) is 25.8. The fourth-order valence-corrected chi connectivity index (χ4v) is 3.57. The summed E-state index contributed by atoms with van der Waals surface area (Å²) in [7, 11) is 0. The minimum atomic E-state index is -0.206. The zero-order valence-corrected chi connectivity index (χ0v) is 13.3. The van der Waals surface area contributed by atoms with Crippen molar-refractivity contribution in [2.45, 2.75) is 64.5 Å². The Morgan fingerprint density at radius 2 is 1.76 bits per heavy atom. The number of carbonyl (C=O) groups is 2. The summed E-state index contributed by atoms with van der Waals surface area (Å²) in [5, 5.41) is 3.23. The molecule has 5 heteroatoms. The standard InChI is InChI=1S/C16H29N3O2/c1-11-5-3-4-6-14(11)18-16(21)12(2)19-9-7-13(8-10-19)15(17)20/h11-14H,3-10H2,1-2H3,(H2,17,20)(H,18,21)/t11-,12-,14+/m1/s1. The summed E-state index contributed by atoms with van der Waals surface area (Å²) in [6.07, 6.45) is 6.35. The monoisotopic (exact) mass is 295 g/mol. The fourth-order valence-electron chi connectivity index (χ4n) is 3.57. The third kappa shape index (κ3) is 4.19. The van der Waals surface area contributed by atoms with E-state index in [4.69, 9.17) is 5.73 Å². The lowest BCUT2D eigenvalue weighted by molar-refractivity contribution is -0.128. The summed E-state index contributed by atoms with van der Waals surface area (Å²) < 4.78 is 0. The van der Waals surface area contributed by atoms with Crippen LogP contribution in [0, 0.1) is 11.8 Å². The van der Waals surface area contributed by atoms with Gasteiger partial charge in [0.1, 0.15) is 0 Å². The van der Waals surface area contributed by atoms with Crippen LogP contribution in [-0.4, -0.2) is 41.9 Å². The first-order valence-electron chi connectivity index (χ1n) is 8.32. The normalized spacial score (nSPS) is 29.8. The van der Waals surface area contributed by atoms with Crippen LogP contribution in [0.2, 0.25) is 0 Å². The van der Waals surface area contributed by atoms with E-state index < -0.39 is 0 Å². The topological polar surface area (TPSA) is 75.4 Å². The smallest absolute Gasteiger partial charge is 0.237 e. The van der Waals surface area contributed by atoms with Gasteiger partial charge in [-0.3, -0.25) is 14.5 Å². The molecule has 0 aromatic rings. The Hall–Kier alpha value is -1.10. The zero-order valence-electron chi connectivity index (χ0n) is 13.3. The van der Waals surface area contributed by atoms with Crippen molar-refractivity contribution >= 4 is 11.8 Å². The van der Waals surface area contributed by atoms with E-state index in [1.54, 1.807) is 0 Å². The summed E-state index contributed by atoms with van der Waals surface area (Å²) in [5.74, 6) is 0.486. The number of amides is 2. The van der Waals surface area contributed by atoms with Gasteiger partial charge in [-0.15, -0.1) is 0 Å². The molecule has 1 aliphatic heterocycles. The van der Waals surface area contributed by atoms with Crippen LogP contribution < -0.4 is 11.1 Å². The number of primary amides is 1. The fraction of sp³-hybridized carbons (Fsp3) is 0.875. The van der Waals surface area contributed by atoms with Crippen LogP contribution in [0.1, 0.15) is 52.4 Å². The summed E-state index contributed by atoms with van der Waals surface area (Å²) >= 11 is 0. The second kappa shape index (κ2) is 7.25. The molecular weight excluding hydrogens is 266 g/mol. The van der Waals surface area contributed by atoms with Crippen LogP contribution in [0.25, 0.3) is 0 Å². The van der Waals surface area contributed by atoms with Crippen LogP contribution in [0.3, 0.4) is 0 Å². The van der Waals surface area contributed by atoms with Crippen LogP contribution in [0.15, 0.2) is 0 Å². The highest BCUT2D eigenvalue weighted by molar-refractivity contribution is 5.81. The maximum Gasteiger partial charge on any atom is 0.237 e. The van der Waals surface area contributed by atoms with Crippen molar-refractivity contribution < 1.29 is 9.59 Å². The Morgan fingerprint density at radius 1 is 1.14 bits per heavy atom. The van der Waals surface area contributed by atoms with Gasteiger partial charge in [-0.1, -0.05) is 19.8 Å². The third-order valence-corrected chi connectivity index (χ3v) is 5.30. The molecule has 1 aliphatic carbocycles. The highest BCUT2D eigenvalue weighted by Gasteiger charge is 2.30. The molecule has 2 fully saturated rings. The molecule has 0 bridgehead atoms. The second-order valence-electron chi connectivity index (χ2n) is 6.77. The van der Waals surface area contributed by atoms with Crippen LogP contribution >= 0.6 is 0 Å². The molecule has 1 saturated heterocycles. The number of nitrogens with two attached hydrogens (primary N) is 1. The van der Waals surface area contributed by atoms with Gasteiger partial charge in [0, 0.05) is 12.0 Å². The Bertz CT molecular complexity index is 378. The van der Waals surface area contributed by atoms with Gasteiger partial charge in [0.05, 0.1) is 6.04 Å². The summed E-state index contributed by atoms with van der Waals surface area (Å²) in [5.41, 5.74) is 5.35. The van der Waals surface area contributed by atoms with Crippen molar-refractivity contribution in [3.63, 3.8) is 0 Å². The molecule has 21 heavy (non-hydrogen) atoms. The number of hydrogen-bond donors (Lipinski definition) is 2. The number of rotatable bonds is 4.